The third-order valence-corrected chi connectivity index (χ3v) is 2.29. The third-order valence-electron chi connectivity index (χ3n) is 2.29. The topological polar surface area (TPSA) is 58.4 Å². The molecule has 2 amide bonds. The summed E-state index contributed by atoms with van der Waals surface area (Å²) < 4.78 is 0. The van der Waals surface area contributed by atoms with Crippen LogP contribution in [0.1, 0.15) is 13.3 Å². The van der Waals surface area contributed by atoms with Crippen LogP contribution in [0.3, 0.4) is 0 Å². The number of rotatable bonds is 0. The molecule has 4 heteroatoms. The number of hydrogen-bond acceptors (Lipinski definition) is 2. The van der Waals surface area contributed by atoms with Gasteiger partial charge >= 0.3 is 6.03 Å². The molecule has 0 aromatic rings. The van der Waals surface area contributed by atoms with Crippen molar-refractivity contribution in [3.8, 4) is 0 Å². The van der Waals surface area contributed by atoms with Gasteiger partial charge in [0, 0.05) is 25.7 Å². The highest BCUT2D eigenvalue weighted by molar-refractivity contribution is 5.74. The molecule has 2 unspecified atom stereocenters. The fraction of sp³-hybridized carbons (Fsp3) is 0.857. The van der Waals surface area contributed by atoms with Gasteiger partial charge in [0.05, 0.1) is 0 Å². The van der Waals surface area contributed by atoms with Gasteiger partial charge in [0.2, 0.25) is 0 Å². The van der Waals surface area contributed by atoms with E-state index in [1.165, 1.54) is 0 Å². The quantitative estimate of drug-likeness (QED) is 0.509. The number of carbonyl (C=O) groups excluding carboxylic acids is 1. The van der Waals surface area contributed by atoms with Crippen molar-refractivity contribution in [2.45, 2.75) is 25.4 Å². The van der Waals surface area contributed by atoms with E-state index >= 15 is 0 Å². The Kier molecular flexibility index (Phi) is 2.34. The second-order valence-corrected chi connectivity index (χ2v) is 2.94. The van der Waals surface area contributed by atoms with E-state index in [1.54, 1.807) is 11.9 Å². The molecule has 1 aliphatic heterocycles. The Morgan fingerprint density at radius 1 is 1.73 bits per heavy atom. The first-order chi connectivity index (χ1) is 5.16. The molecular formula is C7H15N3O. The Balaban J connectivity index is 2.54. The SMILES string of the molecule is CNC(=O)N1CCC(N)C1C. The van der Waals surface area contributed by atoms with Crippen LogP contribution in [0.4, 0.5) is 4.79 Å². The first kappa shape index (κ1) is 8.33. The van der Waals surface area contributed by atoms with Crippen LogP contribution >= 0.6 is 0 Å². The largest absolute Gasteiger partial charge is 0.341 e. The molecule has 0 aromatic heterocycles. The summed E-state index contributed by atoms with van der Waals surface area (Å²) in [5, 5.41) is 2.59. The van der Waals surface area contributed by atoms with Gasteiger partial charge in [-0.1, -0.05) is 0 Å². The molecule has 1 heterocycles. The van der Waals surface area contributed by atoms with E-state index in [9.17, 15) is 4.79 Å². The number of nitrogens with two attached hydrogens (primary N) is 1. The van der Waals surface area contributed by atoms with Gasteiger partial charge in [-0.2, -0.15) is 0 Å². The van der Waals surface area contributed by atoms with Gasteiger partial charge in [-0.3, -0.25) is 0 Å². The summed E-state index contributed by atoms with van der Waals surface area (Å²) in [6, 6.07) is 0.299. The summed E-state index contributed by atoms with van der Waals surface area (Å²) in [4.78, 5) is 12.9. The van der Waals surface area contributed by atoms with Crippen LogP contribution in [0, 0.1) is 0 Å². The highest BCUT2D eigenvalue weighted by Gasteiger charge is 2.30. The number of nitrogens with one attached hydrogen (secondary N) is 1. The molecule has 0 radical (unpaired) electrons. The summed E-state index contributed by atoms with van der Waals surface area (Å²) in [6.07, 6.45) is 0.911. The number of likely N-dealkylation sites (tertiary alicyclic amines) is 1. The molecule has 0 spiro atoms. The molecule has 64 valence electrons. The molecule has 1 rings (SSSR count). The smallest absolute Gasteiger partial charge is 0.317 e. The van der Waals surface area contributed by atoms with Gasteiger partial charge in [0.15, 0.2) is 0 Å². The predicted molar refractivity (Wildman–Crippen MR) is 43.2 cm³/mol. The lowest BCUT2D eigenvalue weighted by Crippen LogP contribution is -2.44. The summed E-state index contributed by atoms with van der Waals surface area (Å²) in [7, 11) is 1.64. The highest BCUT2D eigenvalue weighted by Crippen LogP contribution is 2.14. The average molecular weight is 157 g/mol. The Morgan fingerprint density at radius 2 is 2.36 bits per heavy atom. The van der Waals surface area contributed by atoms with Gasteiger partial charge in [0.25, 0.3) is 0 Å². The van der Waals surface area contributed by atoms with Crippen molar-refractivity contribution >= 4 is 6.03 Å². The zero-order valence-electron chi connectivity index (χ0n) is 7.00. The van der Waals surface area contributed by atoms with E-state index in [2.05, 4.69) is 5.32 Å². The first-order valence-corrected chi connectivity index (χ1v) is 3.90. The Morgan fingerprint density at radius 3 is 2.73 bits per heavy atom. The number of nitrogens with zero attached hydrogens (tertiary/aromatic N) is 1. The molecule has 11 heavy (non-hydrogen) atoms. The molecule has 3 N–H and O–H groups in total. The van der Waals surface area contributed by atoms with Gasteiger partial charge < -0.3 is 16.0 Å². The van der Waals surface area contributed by atoms with Crippen molar-refractivity contribution < 1.29 is 4.79 Å². The van der Waals surface area contributed by atoms with Gasteiger partial charge in [-0.05, 0) is 13.3 Å². The van der Waals surface area contributed by atoms with Crippen molar-refractivity contribution in [2.75, 3.05) is 13.6 Å². The van der Waals surface area contributed by atoms with Gasteiger partial charge in [0.1, 0.15) is 0 Å². The van der Waals surface area contributed by atoms with E-state index < -0.39 is 0 Å². The van der Waals surface area contributed by atoms with E-state index in [4.69, 9.17) is 5.73 Å². The molecule has 1 saturated heterocycles. The Labute approximate surface area is 66.7 Å². The van der Waals surface area contributed by atoms with Crippen LogP contribution < -0.4 is 11.1 Å². The monoisotopic (exact) mass is 157 g/mol. The van der Waals surface area contributed by atoms with Crippen LogP contribution in [-0.2, 0) is 0 Å². The normalized spacial score (nSPS) is 30.6. The molecule has 0 aromatic carbocycles. The summed E-state index contributed by atoms with van der Waals surface area (Å²) in [5.74, 6) is 0. The first-order valence-electron chi connectivity index (χ1n) is 3.90. The van der Waals surface area contributed by atoms with Crippen LogP contribution in [0.15, 0.2) is 0 Å². The lowest BCUT2D eigenvalue weighted by molar-refractivity contribution is 0.196. The second kappa shape index (κ2) is 3.09. The number of hydrogen-bond donors (Lipinski definition) is 2. The summed E-state index contributed by atoms with van der Waals surface area (Å²) >= 11 is 0. The van der Waals surface area contributed by atoms with E-state index in [0.29, 0.717) is 0 Å². The Bertz CT molecular complexity index is 160. The molecule has 0 saturated carbocycles. The molecule has 1 fully saturated rings. The second-order valence-electron chi connectivity index (χ2n) is 2.94. The van der Waals surface area contributed by atoms with Crippen molar-refractivity contribution in [1.82, 2.24) is 10.2 Å². The van der Waals surface area contributed by atoms with Gasteiger partial charge in [-0.25, -0.2) is 4.79 Å². The maximum absolute atomic E-state index is 11.1. The minimum Gasteiger partial charge on any atom is -0.341 e. The maximum Gasteiger partial charge on any atom is 0.317 e. The minimum atomic E-state index is -0.0227. The molecule has 0 bridgehead atoms. The van der Waals surface area contributed by atoms with Crippen LogP contribution in [0.25, 0.3) is 0 Å². The summed E-state index contributed by atoms with van der Waals surface area (Å²) in [5.41, 5.74) is 5.74. The van der Waals surface area contributed by atoms with Crippen molar-refractivity contribution in [3.63, 3.8) is 0 Å². The van der Waals surface area contributed by atoms with E-state index in [1.807, 2.05) is 6.92 Å². The Hall–Kier alpha value is -0.770. The predicted octanol–water partition coefficient (Wildman–Crippen LogP) is -0.253. The molecule has 4 nitrogen and oxygen atoms in total. The third kappa shape index (κ3) is 1.45. The number of urea groups is 1. The van der Waals surface area contributed by atoms with Crippen LogP contribution in [-0.4, -0.2) is 36.6 Å². The van der Waals surface area contributed by atoms with Crippen LogP contribution in [0.5, 0.6) is 0 Å². The fourth-order valence-electron chi connectivity index (χ4n) is 1.39. The lowest BCUT2D eigenvalue weighted by Gasteiger charge is -2.22. The maximum atomic E-state index is 11.1. The molecule has 1 aliphatic rings. The van der Waals surface area contributed by atoms with Crippen molar-refractivity contribution in [1.29, 1.82) is 0 Å². The lowest BCUT2D eigenvalue weighted by atomic mass is 10.2. The summed E-state index contributed by atoms with van der Waals surface area (Å²) in [6.45, 7) is 2.76. The highest BCUT2D eigenvalue weighted by atomic mass is 16.2. The zero-order valence-corrected chi connectivity index (χ0v) is 7.00. The van der Waals surface area contributed by atoms with Crippen LogP contribution in [0.2, 0.25) is 0 Å². The number of carbonyl (C=O) groups is 1. The van der Waals surface area contributed by atoms with Crippen molar-refractivity contribution in [3.05, 3.63) is 0 Å². The molecule has 0 aliphatic carbocycles. The fourth-order valence-corrected chi connectivity index (χ4v) is 1.39. The minimum absolute atomic E-state index is 0.0227. The van der Waals surface area contributed by atoms with E-state index in [-0.39, 0.29) is 18.1 Å². The standard InChI is InChI=1S/C7H15N3O/c1-5-6(8)3-4-10(5)7(11)9-2/h5-6H,3-4,8H2,1-2H3,(H,9,11). The van der Waals surface area contributed by atoms with E-state index in [0.717, 1.165) is 13.0 Å². The molecule has 2 atom stereocenters. The molecular weight excluding hydrogens is 142 g/mol. The zero-order chi connectivity index (χ0) is 8.43. The van der Waals surface area contributed by atoms with Gasteiger partial charge in [-0.15, -0.1) is 0 Å². The average Bonchev–Trinajstić information content (AvgIpc) is 2.32. The number of amides is 2. The van der Waals surface area contributed by atoms with Crippen molar-refractivity contribution in [2.24, 2.45) is 5.73 Å².